The normalized spacial score (nSPS) is 36.8. The highest BCUT2D eigenvalue weighted by molar-refractivity contribution is 7.47. The van der Waals surface area contributed by atoms with Crippen molar-refractivity contribution in [2.45, 2.75) is 49.1 Å². The van der Waals surface area contributed by atoms with Gasteiger partial charge in [-0.05, 0) is 0 Å². The summed E-state index contributed by atoms with van der Waals surface area (Å²) in [5, 5.41) is 22.3. The molecule has 3 fully saturated rings. The van der Waals surface area contributed by atoms with Crippen LogP contribution in [0, 0.1) is 0 Å². The second-order valence-corrected chi connectivity index (χ2v) is 13.6. The first-order chi connectivity index (χ1) is 22.4. The summed E-state index contributed by atoms with van der Waals surface area (Å²) in [5.41, 5.74) is 5.73. The molecule has 3 aliphatic rings. The predicted molar refractivity (Wildman–Crippen MR) is 150 cm³/mol. The highest BCUT2D eigenvalue weighted by atomic mass is 31.2. The van der Waals surface area contributed by atoms with Gasteiger partial charge < -0.3 is 35.2 Å². The van der Waals surface area contributed by atoms with E-state index in [-0.39, 0.29) is 22.8 Å². The summed E-state index contributed by atoms with van der Waals surface area (Å²) < 4.78 is 63.2. The quantitative estimate of drug-likeness (QED) is 0.112. The van der Waals surface area contributed by atoms with Crippen LogP contribution in [0.15, 0.2) is 36.2 Å². The van der Waals surface area contributed by atoms with Crippen LogP contribution in [-0.2, 0) is 36.7 Å². The minimum Gasteiger partial charge on any atom is -0.387 e. The number of hydrogen-bond donors (Lipinski definition) is 6. The van der Waals surface area contributed by atoms with Crippen molar-refractivity contribution in [2.75, 3.05) is 18.9 Å². The number of rotatable bonds is 2. The smallest absolute Gasteiger partial charge is 0.387 e. The van der Waals surface area contributed by atoms with E-state index in [0.717, 1.165) is 10.9 Å². The number of imidazole rings is 3. The SMILES string of the molecule is Nc1nc2c(ncn2[C@@H]2O[C@@H]3COP(=O)(O)OC4[C@@H](COP(=O)(O)O[C@H]2C3O)O[C@@H](n2cnc3c2ncn2ccnc32)[C@H]4O)c(=O)[nH]1. The van der Waals surface area contributed by atoms with Gasteiger partial charge >= 0.3 is 15.6 Å². The fraction of sp³-hybridized carbons (Fsp3) is 0.455. The second-order valence-electron chi connectivity index (χ2n) is 10.8. The maximum atomic E-state index is 13.3. The minimum atomic E-state index is -5.11. The van der Waals surface area contributed by atoms with Crippen molar-refractivity contribution in [3.63, 3.8) is 0 Å². The molecule has 4 unspecified atom stereocenters. The Morgan fingerprint density at radius 3 is 2.23 bits per heavy atom. The Bertz CT molecular complexity index is 2170. The van der Waals surface area contributed by atoms with E-state index in [9.17, 15) is 33.9 Å². The molecule has 10 atom stereocenters. The van der Waals surface area contributed by atoms with E-state index < -0.39 is 83.5 Å². The third-order valence-electron chi connectivity index (χ3n) is 7.89. The van der Waals surface area contributed by atoms with Crippen molar-refractivity contribution >= 4 is 49.6 Å². The largest absolute Gasteiger partial charge is 0.472 e. The fourth-order valence-corrected chi connectivity index (χ4v) is 7.67. The van der Waals surface area contributed by atoms with Crippen LogP contribution in [0.25, 0.3) is 28.0 Å². The van der Waals surface area contributed by atoms with E-state index in [1.54, 1.807) is 16.8 Å². The standard InChI is InChI=1S/C22H24N10O13P2/c23-22-28-18-11(19(35)29-22)26-7-32(18)21-15-12(33)8(42-21)3-40-46(36,37)44-14-9(4-41-47(38,39)45-15)43-20(13(14)34)31-6-25-10-16-24-1-2-30(16)5-27-17(10)31/h1-2,5-9,12-15,20-21,33-34H,3-4H2,(H,36,37)(H,38,39)(H3,23,28,29,35)/t8-,9-,12?,13+,14?,15+,20-,21-/m1/s1. The highest BCUT2D eigenvalue weighted by Crippen LogP contribution is 2.53. The molecule has 2 bridgehead atoms. The number of fused-ring (bicyclic) bond motifs is 7. The molecule has 7 N–H and O–H groups in total. The number of nitrogens with zero attached hydrogens (tertiary/aromatic N) is 8. The average molecular weight is 698 g/mol. The van der Waals surface area contributed by atoms with Crippen LogP contribution >= 0.6 is 15.6 Å². The minimum absolute atomic E-state index is 0.123. The van der Waals surface area contributed by atoms with Crippen molar-refractivity contribution in [1.82, 2.24) is 43.4 Å². The summed E-state index contributed by atoms with van der Waals surface area (Å²) in [7, 11) is -10.2. The molecule has 3 aliphatic heterocycles. The van der Waals surface area contributed by atoms with Gasteiger partial charge in [-0.1, -0.05) is 0 Å². The number of aliphatic hydroxyl groups is 2. The van der Waals surface area contributed by atoms with Crippen molar-refractivity contribution in [2.24, 2.45) is 0 Å². The van der Waals surface area contributed by atoms with Crippen molar-refractivity contribution < 1.29 is 56.7 Å². The zero-order chi connectivity index (χ0) is 32.8. The van der Waals surface area contributed by atoms with Gasteiger partial charge in [-0.15, -0.1) is 0 Å². The number of nitrogen functional groups attached to an aromatic ring is 1. The van der Waals surface area contributed by atoms with Crippen molar-refractivity contribution in [3.8, 4) is 0 Å². The van der Waals surface area contributed by atoms with Gasteiger partial charge in [0.05, 0.1) is 25.9 Å². The summed E-state index contributed by atoms with van der Waals surface area (Å²) in [6.07, 6.45) is -5.51. The molecule has 3 saturated heterocycles. The Balaban J connectivity index is 1.11. The number of hydrogen-bond acceptors (Lipinski definition) is 17. The molecule has 0 aromatic carbocycles. The number of anilines is 1. The third kappa shape index (κ3) is 5.17. The topological polar surface area (TPSA) is 308 Å². The number of nitrogens with two attached hydrogens (primary N) is 1. The van der Waals surface area contributed by atoms with Gasteiger partial charge in [0.15, 0.2) is 40.4 Å². The highest BCUT2D eigenvalue weighted by Gasteiger charge is 2.54. The molecular weight excluding hydrogens is 674 g/mol. The summed E-state index contributed by atoms with van der Waals surface area (Å²) in [6.45, 7) is -1.63. The molecule has 0 radical (unpaired) electrons. The van der Waals surface area contributed by atoms with Crippen LogP contribution in [0.1, 0.15) is 12.5 Å². The van der Waals surface area contributed by atoms with E-state index in [4.69, 9.17) is 33.3 Å². The Hall–Kier alpha value is -3.70. The van der Waals surface area contributed by atoms with E-state index in [1.165, 1.54) is 17.2 Å². The molecule has 8 rings (SSSR count). The summed E-state index contributed by atoms with van der Waals surface area (Å²) in [5.74, 6) is -0.280. The number of phosphoric ester groups is 2. The van der Waals surface area contributed by atoms with Crippen molar-refractivity contribution in [3.05, 3.63) is 41.7 Å². The number of H-pyrrole nitrogens is 1. The molecule has 5 aromatic heterocycles. The van der Waals surface area contributed by atoms with Gasteiger partial charge in [0.25, 0.3) is 5.56 Å². The maximum absolute atomic E-state index is 13.3. The lowest BCUT2D eigenvalue weighted by molar-refractivity contribution is -0.0672. The summed E-state index contributed by atoms with van der Waals surface area (Å²) in [4.78, 5) is 56.8. The summed E-state index contributed by atoms with van der Waals surface area (Å²) in [6, 6.07) is 0. The van der Waals surface area contributed by atoms with E-state index in [1.807, 2.05) is 0 Å². The van der Waals surface area contributed by atoms with Gasteiger partial charge in [-0.2, -0.15) is 4.98 Å². The monoisotopic (exact) mass is 698 g/mol. The summed E-state index contributed by atoms with van der Waals surface area (Å²) >= 11 is 0. The lowest BCUT2D eigenvalue weighted by atomic mass is 10.1. The maximum Gasteiger partial charge on any atom is 0.472 e. The fourth-order valence-electron chi connectivity index (χ4n) is 5.77. The Kier molecular flexibility index (Phi) is 7.11. The molecular formula is C22H24N10O13P2. The van der Waals surface area contributed by atoms with Crippen LogP contribution in [0.5, 0.6) is 0 Å². The lowest BCUT2D eigenvalue weighted by Crippen LogP contribution is -2.36. The van der Waals surface area contributed by atoms with Crippen LogP contribution < -0.4 is 11.3 Å². The lowest BCUT2D eigenvalue weighted by Gasteiger charge is -2.25. The van der Waals surface area contributed by atoms with Gasteiger partial charge in [-0.3, -0.25) is 41.4 Å². The molecule has 8 heterocycles. The first-order valence-electron chi connectivity index (χ1n) is 13.7. The molecule has 0 saturated carbocycles. The predicted octanol–water partition coefficient (Wildman–Crippen LogP) is -1.67. The third-order valence-corrected chi connectivity index (χ3v) is 9.86. The average Bonchev–Trinajstić information content (AvgIpc) is 3.83. The zero-order valence-corrected chi connectivity index (χ0v) is 25.2. The van der Waals surface area contributed by atoms with Gasteiger partial charge in [0.2, 0.25) is 5.95 Å². The Labute approximate surface area is 259 Å². The number of aromatic nitrogens is 9. The number of aliphatic hydroxyl groups excluding tert-OH is 2. The molecule has 5 aromatic rings. The Morgan fingerprint density at radius 1 is 0.809 bits per heavy atom. The van der Waals surface area contributed by atoms with Crippen LogP contribution in [0.4, 0.5) is 5.95 Å². The Morgan fingerprint density at radius 2 is 1.47 bits per heavy atom. The van der Waals surface area contributed by atoms with E-state index >= 15 is 0 Å². The molecule has 23 nitrogen and oxygen atoms in total. The molecule has 47 heavy (non-hydrogen) atoms. The number of ether oxygens (including phenoxy) is 2. The van der Waals surface area contributed by atoms with Crippen LogP contribution in [0.3, 0.4) is 0 Å². The second kappa shape index (κ2) is 10.9. The van der Waals surface area contributed by atoms with Crippen molar-refractivity contribution in [1.29, 1.82) is 0 Å². The van der Waals surface area contributed by atoms with E-state index in [0.29, 0.717) is 11.2 Å². The molecule has 250 valence electrons. The first kappa shape index (κ1) is 30.6. The molecule has 0 spiro atoms. The van der Waals surface area contributed by atoms with Crippen LogP contribution in [-0.4, -0.2) is 113 Å². The molecule has 0 aliphatic carbocycles. The first-order valence-corrected chi connectivity index (χ1v) is 16.7. The zero-order valence-electron chi connectivity index (χ0n) is 23.4. The van der Waals surface area contributed by atoms with Gasteiger partial charge in [-0.25, -0.2) is 29.1 Å². The number of phosphoric acid groups is 2. The molecule has 25 heteroatoms. The van der Waals surface area contributed by atoms with E-state index in [2.05, 4.69) is 29.9 Å². The molecule has 0 amide bonds. The van der Waals surface area contributed by atoms with Gasteiger partial charge in [0.1, 0.15) is 43.0 Å². The van der Waals surface area contributed by atoms with Gasteiger partial charge in [0, 0.05) is 12.4 Å². The van der Waals surface area contributed by atoms with Crippen LogP contribution in [0.2, 0.25) is 0 Å². The number of aromatic amines is 1. The number of nitrogens with one attached hydrogen (secondary N) is 1.